The number of nitrogens with one attached hydrogen (secondary N) is 2. The van der Waals surface area contributed by atoms with Crippen LogP contribution in [-0.2, 0) is 13.1 Å². The summed E-state index contributed by atoms with van der Waals surface area (Å²) in [5.41, 5.74) is 8.52. The highest BCUT2D eigenvalue weighted by molar-refractivity contribution is 5.74. The molecule has 1 aliphatic heterocycles. The van der Waals surface area contributed by atoms with E-state index < -0.39 is 0 Å². The molecule has 0 fully saturated rings. The Morgan fingerprint density at radius 1 is 0.889 bits per heavy atom. The SMILES string of the molecule is Nc1c(NCc2ccc(F)cc2)ncnc1NCc1ccc2c(c1)OCO2. The van der Waals surface area contributed by atoms with Crippen LogP contribution in [-0.4, -0.2) is 16.8 Å². The van der Waals surface area contributed by atoms with Gasteiger partial charge in [-0.3, -0.25) is 0 Å². The topological polar surface area (TPSA) is 94.3 Å². The van der Waals surface area contributed by atoms with Crippen LogP contribution in [0.1, 0.15) is 11.1 Å². The Labute approximate surface area is 155 Å². The Kier molecular flexibility index (Phi) is 4.61. The summed E-state index contributed by atoms with van der Waals surface area (Å²) in [5.74, 6) is 2.25. The number of fused-ring (bicyclic) bond motifs is 1. The molecule has 27 heavy (non-hydrogen) atoms. The predicted octanol–water partition coefficient (Wildman–Crippen LogP) is 3.15. The van der Waals surface area contributed by atoms with Gasteiger partial charge in [-0.15, -0.1) is 0 Å². The predicted molar refractivity (Wildman–Crippen MR) is 100 cm³/mol. The van der Waals surface area contributed by atoms with Gasteiger partial charge in [0.2, 0.25) is 6.79 Å². The number of ether oxygens (including phenoxy) is 2. The number of hydrogen-bond acceptors (Lipinski definition) is 7. The molecule has 0 unspecified atom stereocenters. The van der Waals surface area contributed by atoms with Crippen LogP contribution in [0.4, 0.5) is 21.7 Å². The normalized spacial score (nSPS) is 12.0. The smallest absolute Gasteiger partial charge is 0.231 e. The van der Waals surface area contributed by atoms with Gasteiger partial charge in [-0.2, -0.15) is 0 Å². The first kappa shape index (κ1) is 16.9. The van der Waals surface area contributed by atoms with E-state index in [1.165, 1.54) is 18.5 Å². The van der Waals surface area contributed by atoms with Crippen molar-refractivity contribution >= 4 is 17.3 Å². The molecule has 0 atom stereocenters. The van der Waals surface area contributed by atoms with Crippen molar-refractivity contribution in [2.24, 2.45) is 0 Å². The fraction of sp³-hybridized carbons (Fsp3) is 0.158. The molecule has 0 aliphatic carbocycles. The van der Waals surface area contributed by atoms with Gasteiger partial charge < -0.3 is 25.8 Å². The molecule has 0 spiro atoms. The minimum Gasteiger partial charge on any atom is -0.454 e. The molecule has 0 saturated carbocycles. The molecule has 7 nitrogen and oxygen atoms in total. The zero-order chi connectivity index (χ0) is 18.6. The molecular weight excluding hydrogens is 349 g/mol. The number of aromatic nitrogens is 2. The van der Waals surface area contributed by atoms with Gasteiger partial charge in [-0.25, -0.2) is 14.4 Å². The molecule has 1 aromatic heterocycles. The molecule has 2 aromatic carbocycles. The van der Waals surface area contributed by atoms with E-state index in [0.717, 1.165) is 22.6 Å². The van der Waals surface area contributed by atoms with Crippen LogP contribution in [0.3, 0.4) is 0 Å². The molecule has 2 heterocycles. The quantitative estimate of drug-likeness (QED) is 0.616. The third kappa shape index (κ3) is 3.84. The second kappa shape index (κ2) is 7.36. The van der Waals surface area contributed by atoms with Gasteiger partial charge >= 0.3 is 0 Å². The average Bonchev–Trinajstić information content (AvgIpc) is 3.15. The minimum atomic E-state index is -0.268. The number of halogens is 1. The lowest BCUT2D eigenvalue weighted by molar-refractivity contribution is 0.174. The maximum atomic E-state index is 13.0. The summed E-state index contributed by atoms with van der Waals surface area (Å²) in [7, 11) is 0. The summed E-state index contributed by atoms with van der Waals surface area (Å²) in [5, 5.41) is 6.35. The number of rotatable bonds is 6. The number of benzene rings is 2. The molecule has 8 heteroatoms. The number of anilines is 3. The first-order valence-corrected chi connectivity index (χ1v) is 8.40. The molecule has 1 aliphatic rings. The minimum absolute atomic E-state index is 0.244. The van der Waals surface area contributed by atoms with Gasteiger partial charge in [0.25, 0.3) is 0 Å². The van der Waals surface area contributed by atoms with Crippen molar-refractivity contribution in [1.82, 2.24) is 9.97 Å². The molecule has 0 amide bonds. The van der Waals surface area contributed by atoms with Gasteiger partial charge in [-0.1, -0.05) is 18.2 Å². The maximum Gasteiger partial charge on any atom is 0.231 e. The summed E-state index contributed by atoms with van der Waals surface area (Å²) in [6.45, 7) is 1.24. The van der Waals surface area contributed by atoms with Crippen molar-refractivity contribution in [3.8, 4) is 11.5 Å². The van der Waals surface area contributed by atoms with Gasteiger partial charge in [0, 0.05) is 13.1 Å². The third-order valence-electron chi connectivity index (χ3n) is 4.15. The largest absolute Gasteiger partial charge is 0.454 e. The van der Waals surface area contributed by atoms with Gasteiger partial charge in [-0.05, 0) is 35.4 Å². The van der Waals surface area contributed by atoms with E-state index in [0.29, 0.717) is 30.4 Å². The van der Waals surface area contributed by atoms with Crippen LogP contribution >= 0.6 is 0 Å². The van der Waals surface area contributed by atoms with E-state index in [1.54, 1.807) is 12.1 Å². The molecular formula is C19H18FN5O2. The Morgan fingerprint density at radius 2 is 1.52 bits per heavy atom. The second-order valence-electron chi connectivity index (χ2n) is 6.01. The molecule has 0 saturated heterocycles. The molecule has 3 aromatic rings. The van der Waals surface area contributed by atoms with E-state index in [9.17, 15) is 4.39 Å². The number of nitrogens with zero attached hydrogens (tertiary/aromatic N) is 2. The molecule has 0 bridgehead atoms. The Bertz CT molecular complexity index is 949. The summed E-state index contributed by atoms with van der Waals surface area (Å²) in [6.07, 6.45) is 1.44. The van der Waals surface area contributed by atoms with E-state index in [2.05, 4.69) is 20.6 Å². The zero-order valence-electron chi connectivity index (χ0n) is 14.4. The van der Waals surface area contributed by atoms with Gasteiger partial charge in [0.05, 0.1) is 0 Å². The lowest BCUT2D eigenvalue weighted by Crippen LogP contribution is -2.10. The monoisotopic (exact) mass is 367 g/mol. The fourth-order valence-corrected chi connectivity index (χ4v) is 2.70. The van der Waals surface area contributed by atoms with E-state index in [1.807, 2.05) is 18.2 Å². The third-order valence-corrected chi connectivity index (χ3v) is 4.15. The van der Waals surface area contributed by atoms with Crippen LogP contribution < -0.4 is 25.8 Å². The van der Waals surface area contributed by atoms with E-state index >= 15 is 0 Å². The first-order valence-electron chi connectivity index (χ1n) is 8.40. The fourth-order valence-electron chi connectivity index (χ4n) is 2.70. The van der Waals surface area contributed by atoms with E-state index in [-0.39, 0.29) is 12.6 Å². The summed E-state index contributed by atoms with van der Waals surface area (Å²) in [6, 6.07) is 12.0. The maximum absolute atomic E-state index is 13.0. The van der Waals surface area contributed by atoms with Crippen LogP contribution in [0.15, 0.2) is 48.8 Å². The lowest BCUT2D eigenvalue weighted by Gasteiger charge is -2.13. The zero-order valence-corrected chi connectivity index (χ0v) is 14.4. The Balaban J connectivity index is 1.41. The standard InChI is InChI=1S/C19H18FN5O2/c20-14-4-1-12(2-5-14)8-22-18-17(21)19(25-10-24-18)23-9-13-3-6-15-16(7-13)27-11-26-15/h1-7,10H,8-9,11,21H2,(H2,22,23,24,25). The highest BCUT2D eigenvalue weighted by Gasteiger charge is 2.13. The molecule has 4 rings (SSSR count). The number of hydrogen-bond donors (Lipinski definition) is 3. The number of nitrogens with two attached hydrogens (primary N) is 1. The number of nitrogen functional groups attached to an aromatic ring is 1. The molecule has 138 valence electrons. The van der Waals surface area contributed by atoms with Crippen molar-refractivity contribution in [2.75, 3.05) is 23.2 Å². The lowest BCUT2D eigenvalue weighted by atomic mass is 10.2. The van der Waals surface area contributed by atoms with Gasteiger partial charge in [0.15, 0.2) is 23.1 Å². The summed E-state index contributed by atoms with van der Waals surface area (Å²) >= 11 is 0. The van der Waals surface area contributed by atoms with Crippen molar-refractivity contribution in [3.05, 3.63) is 65.7 Å². The van der Waals surface area contributed by atoms with Gasteiger partial charge in [0.1, 0.15) is 17.8 Å². The highest BCUT2D eigenvalue weighted by atomic mass is 19.1. The Hall–Kier alpha value is -3.55. The van der Waals surface area contributed by atoms with Crippen LogP contribution in [0.2, 0.25) is 0 Å². The average molecular weight is 367 g/mol. The van der Waals surface area contributed by atoms with Crippen molar-refractivity contribution in [3.63, 3.8) is 0 Å². The van der Waals surface area contributed by atoms with Crippen molar-refractivity contribution < 1.29 is 13.9 Å². The molecule has 4 N–H and O–H groups in total. The molecule has 0 radical (unpaired) electrons. The van der Waals surface area contributed by atoms with Crippen molar-refractivity contribution in [2.45, 2.75) is 13.1 Å². The van der Waals surface area contributed by atoms with E-state index in [4.69, 9.17) is 15.2 Å². The summed E-state index contributed by atoms with van der Waals surface area (Å²) < 4.78 is 23.7. The second-order valence-corrected chi connectivity index (χ2v) is 6.01. The van der Waals surface area contributed by atoms with Crippen molar-refractivity contribution in [1.29, 1.82) is 0 Å². The Morgan fingerprint density at radius 3 is 2.26 bits per heavy atom. The summed E-state index contributed by atoms with van der Waals surface area (Å²) in [4.78, 5) is 8.38. The van der Waals surface area contributed by atoms with Crippen LogP contribution in [0.25, 0.3) is 0 Å². The van der Waals surface area contributed by atoms with Crippen LogP contribution in [0.5, 0.6) is 11.5 Å². The highest BCUT2D eigenvalue weighted by Crippen LogP contribution is 2.33. The first-order chi connectivity index (χ1) is 13.2. The van der Waals surface area contributed by atoms with Crippen LogP contribution in [0, 0.1) is 5.82 Å².